The van der Waals surface area contributed by atoms with Gasteiger partial charge in [-0.2, -0.15) is 0 Å². The van der Waals surface area contributed by atoms with Crippen LogP contribution in [-0.4, -0.2) is 37.5 Å². The summed E-state index contributed by atoms with van der Waals surface area (Å²) in [5.41, 5.74) is 2.02. The quantitative estimate of drug-likeness (QED) is 0.688. The predicted octanol–water partition coefficient (Wildman–Crippen LogP) is 3.11. The highest BCUT2D eigenvalue weighted by atomic mass is 32.2. The van der Waals surface area contributed by atoms with Crippen LogP contribution in [0.5, 0.6) is 0 Å². The Morgan fingerprint density at radius 2 is 1.92 bits per heavy atom. The average molecular weight is 374 g/mol. The van der Waals surface area contributed by atoms with E-state index in [1.54, 1.807) is 47.5 Å². The normalized spacial score (nSPS) is 11.6. The molecule has 0 bridgehead atoms. The number of carbonyl (C=O) groups is 1. The topological polar surface area (TPSA) is 67.3 Å². The summed E-state index contributed by atoms with van der Waals surface area (Å²) >= 11 is 1.56. The molecule has 0 saturated carbocycles. The zero-order valence-corrected chi connectivity index (χ0v) is 15.6. The first-order valence-corrected chi connectivity index (χ1v) is 10.6. The minimum atomic E-state index is -3.14. The number of nitrogens with zero attached hydrogens (tertiary/aromatic N) is 2. The number of hydrogen-bond acceptors (Lipinski definition) is 5. The van der Waals surface area contributed by atoms with Gasteiger partial charge in [0.25, 0.3) is 5.91 Å². The van der Waals surface area contributed by atoms with Crippen molar-refractivity contribution in [3.63, 3.8) is 0 Å². The van der Waals surface area contributed by atoms with Gasteiger partial charge in [0.05, 0.1) is 22.5 Å². The number of thiazole rings is 1. The lowest BCUT2D eigenvalue weighted by Crippen LogP contribution is -2.26. The maximum absolute atomic E-state index is 12.6. The Bertz CT molecular complexity index is 992. The molecule has 3 rings (SSSR count). The SMILES string of the molecule is CN(Cc1nc2ccccc2s1)C(=O)c1cccc(CS(C)(=O)=O)c1. The summed E-state index contributed by atoms with van der Waals surface area (Å²) in [4.78, 5) is 18.8. The zero-order chi connectivity index (χ0) is 18.0. The number of benzene rings is 2. The summed E-state index contributed by atoms with van der Waals surface area (Å²) < 4.78 is 24.0. The van der Waals surface area contributed by atoms with Crippen LogP contribution >= 0.6 is 11.3 Å². The molecule has 0 N–H and O–H groups in total. The van der Waals surface area contributed by atoms with Gasteiger partial charge in [-0.15, -0.1) is 11.3 Å². The predicted molar refractivity (Wildman–Crippen MR) is 100 cm³/mol. The molecule has 0 saturated heterocycles. The number of carbonyl (C=O) groups excluding carboxylic acids is 1. The molecular formula is C18H18N2O3S2. The standard InChI is InChI=1S/C18H18N2O3S2/c1-20(11-17-19-15-8-3-4-9-16(15)24-17)18(21)14-7-5-6-13(10-14)12-25(2,22)23/h3-10H,11-12H2,1-2H3. The average Bonchev–Trinajstić information content (AvgIpc) is 2.95. The van der Waals surface area contributed by atoms with Crippen LogP contribution in [0.15, 0.2) is 48.5 Å². The van der Waals surface area contributed by atoms with Gasteiger partial charge in [0, 0.05) is 18.9 Å². The fourth-order valence-corrected chi connectivity index (χ4v) is 4.39. The van der Waals surface area contributed by atoms with Crippen LogP contribution in [0, 0.1) is 0 Å². The van der Waals surface area contributed by atoms with E-state index in [0.29, 0.717) is 17.7 Å². The molecule has 3 aromatic rings. The molecule has 0 unspecified atom stereocenters. The van der Waals surface area contributed by atoms with Crippen molar-refractivity contribution in [1.29, 1.82) is 0 Å². The minimum Gasteiger partial charge on any atom is -0.335 e. The summed E-state index contributed by atoms with van der Waals surface area (Å²) in [5.74, 6) is -0.231. The molecule has 0 radical (unpaired) electrons. The summed E-state index contributed by atoms with van der Waals surface area (Å²) in [6, 6.07) is 14.6. The summed E-state index contributed by atoms with van der Waals surface area (Å²) in [6.45, 7) is 0.411. The largest absolute Gasteiger partial charge is 0.335 e. The number of hydrogen-bond donors (Lipinski definition) is 0. The Morgan fingerprint density at radius 1 is 1.16 bits per heavy atom. The summed E-state index contributed by atoms with van der Waals surface area (Å²) in [7, 11) is -1.42. The van der Waals surface area contributed by atoms with Gasteiger partial charge in [0.1, 0.15) is 5.01 Å². The number of fused-ring (bicyclic) bond motifs is 1. The second-order valence-corrected chi connectivity index (χ2v) is 9.26. The van der Waals surface area contributed by atoms with E-state index in [2.05, 4.69) is 4.98 Å². The Kier molecular flexibility index (Phi) is 4.87. The van der Waals surface area contributed by atoms with E-state index in [9.17, 15) is 13.2 Å². The summed E-state index contributed by atoms with van der Waals surface area (Å²) in [6.07, 6.45) is 1.18. The number of sulfone groups is 1. The van der Waals surface area contributed by atoms with E-state index >= 15 is 0 Å². The molecule has 0 atom stereocenters. The molecule has 1 amide bonds. The third-order valence-electron chi connectivity index (χ3n) is 3.66. The molecule has 0 aliphatic rings. The molecule has 7 heteroatoms. The maximum atomic E-state index is 12.6. The molecule has 0 aliphatic carbocycles. The Labute approximate surface area is 150 Å². The lowest BCUT2D eigenvalue weighted by molar-refractivity contribution is 0.0785. The van der Waals surface area contributed by atoms with Gasteiger partial charge >= 0.3 is 0 Å². The molecule has 130 valence electrons. The molecule has 1 heterocycles. The van der Waals surface area contributed by atoms with E-state index < -0.39 is 9.84 Å². The number of aromatic nitrogens is 1. The first-order chi connectivity index (χ1) is 11.8. The van der Waals surface area contributed by atoms with Gasteiger partial charge in [0.15, 0.2) is 9.84 Å². The van der Waals surface area contributed by atoms with Crippen molar-refractivity contribution in [3.8, 4) is 0 Å². The van der Waals surface area contributed by atoms with Crippen molar-refractivity contribution < 1.29 is 13.2 Å². The van der Waals surface area contributed by atoms with Crippen LogP contribution in [0.3, 0.4) is 0 Å². The Morgan fingerprint density at radius 3 is 2.64 bits per heavy atom. The van der Waals surface area contributed by atoms with E-state index in [4.69, 9.17) is 0 Å². The van der Waals surface area contributed by atoms with Crippen LogP contribution in [0.4, 0.5) is 0 Å². The van der Waals surface area contributed by atoms with E-state index in [0.717, 1.165) is 15.2 Å². The van der Waals surface area contributed by atoms with Crippen molar-refractivity contribution in [2.45, 2.75) is 12.3 Å². The highest BCUT2D eigenvalue weighted by molar-refractivity contribution is 7.89. The van der Waals surface area contributed by atoms with E-state index in [1.165, 1.54) is 6.26 Å². The lowest BCUT2D eigenvalue weighted by Gasteiger charge is -2.16. The van der Waals surface area contributed by atoms with Crippen LogP contribution < -0.4 is 0 Å². The van der Waals surface area contributed by atoms with Crippen molar-refractivity contribution in [2.24, 2.45) is 0 Å². The van der Waals surface area contributed by atoms with Gasteiger partial charge in [-0.1, -0.05) is 24.3 Å². The van der Waals surface area contributed by atoms with Crippen molar-refractivity contribution >= 4 is 37.3 Å². The van der Waals surface area contributed by atoms with Crippen molar-refractivity contribution in [2.75, 3.05) is 13.3 Å². The Hall–Kier alpha value is -2.25. The highest BCUT2D eigenvalue weighted by Crippen LogP contribution is 2.23. The first kappa shape index (κ1) is 17.6. The molecule has 25 heavy (non-hydrogen) atoms. The monoisotopic (exact) mass is 374 g/mol. The molecule has 0 spiro atoms. The number of rotatable bonds is 5. The Balaban J connectivity index is 1.76. The highest BCUT2D eigenvalue weighted by Gasteiger charge is 2.15. The molecular weight excluding hydrogens is 356 g/mol. The third kappa shape index (κ3) is 4.43. The van der Waals surface area contributed by atoms with E-state index in [1.807, 2.05) is 24.3 Å². The molecule has 0 fully saturated rings. The number of amides is 1. The third-order valence-corrected chi connectivity index (χ3v) is 5.54. The fourth-order valence-electron chi connectivity index (χ4n) is 2.58. The van der Waals surface area contributed by atoms with Gasteiger partial charge in [-0.05, 0) is 29.8 Å². The molecule has 2 aromatic carbocycles. The maximum Gasteiger partial charge on any atom is 0.253 e. The molecule has 0 aliphatic heterocycles. The molecule has 1 aromatic heterocycles. The van der Waals surface area contributed by atoms with E-state index in [-0.39, 0.29) is 11.7 Å². The van der Waals surface area contributed by atoms with Crippen LogP contribution in [-0.2, 0) is 22.1 Å². The molecule has 5 nitrogen and oxygen atoms in total. The van der Waals surface area contributed by atoms with Crippen molar-refractivity contribution in [3.05, 3.63) is 64.7 Å². The van der Waals surface area contributed by atoms with Crippen molar-refractivity contribution in [1.82, 2.24) is 9.88 Å². The lowest BCUT2D eigenvalue weighted by atomic mass is 10.1. The number of para-hydroxylation sites is 1. The van der Waals surface area contributed by atoms with Gasteiger partial charge < -0.3 is 4.90 Å². The van der Waals surface area contributed by atoms with Crippen LogP contribution in [0.2, 0.25) is 0 Å². The first-order valence-electron chi connectivity index (χ1n) is 7.68. The minimum absolute atomic E-state index is 0.0737. The smallest absolute Gasteiger partial charge is 0.253 e. The van der Waals surface area contributed by atoms with Gasteiger partial charge in [0.2, 0.25) is 0 Å². The second kappa shape index (κ2) is 6.93. The van der Waals surface area contributed by atoms with Crippen LogP contribution in [0.1, 0.15) is 20.9 Å². The fraction of sp³-hybridized carbons (Fsp3) is 0.222. The second-order valence-electron chi connectivity index (χ2n) is 6.01. The zero-order valence-electron chi connectivity index (χ0n) is 14.0. The van der Waals surface area contributed by atoms with Gasteiger partial charge in [-0.3, -0.25) is 4.79 Å². The van der Waals surface area contributed by atoms with Crippen LogP contribution in [0.25, 0.3) is 10.2 Å². The van der Waals surface area contributed by atoms with Gasteiger partial charge in [-0.25, -0.2) is 13.4 Å². The summed E-state index contributed by atoms with van der Waals surface area (Å²) in [5, 5.41) is 0.865.